The van der Waals surface area contributed by atoms with Crippen LogP contribution in [-0.2, 0) is 9.53 Å². The lowest BCUT2D eigenvalue weighted by Gasteiger charge is -2.28. The molecule has 1 amide bonds. The third-order valence-corrected chi connectivity index (χ3v) is 3.54. The van der Waals surface area contributed by atoms with Gasteiger partial charge in [-0.05, 0) is 18.2 Å². The number of halogens is 2. The second-order valence-corrected chi connectivity index (χ2v) is 5.01. The molecule has 6 nitrogen and oxygen atoms in total. The minimum Gasteiger partial charge on any atom is -0.490 e. The van der Waals surface area contributed by atoms with Gasteiger partial charge in [-0.2, -0.15) is 0 Å². The van der Waals surface area contributed by atoms with Gasteiger partial charge in [-0.15, -0.1) is 24.8 Å². The van der Waals surface area contributed by atoms with Gasteiger partial charge in [0.05, 0.1) is 18.8 Å². The number of likely N-dealkylation sites (N-methyl/N-ethyl adjacent to an activating group) is 1. The number of carbonyl (C=O) groups excluding carboxylic acids is 1. The average molecular weight is 350 g/mol. The van der Waals surface area contributed by atoms with E-state index in [4.69, 9.17) is 9.47 Å². The molecule has 1 unspecified atom stereocenters. The monoisotopic (exact) mass is 349 g/mol. The van der Waals surface area contributed by atoms with E-state index in [1.165, 1.54) is 0 Å². The zero-order valence-electron chi connectivity index (χ0n) is 12.3. The van der Waals surface area contributed by atoms with Gasteiger partial charge in [0, 0.05) is 25.8 Å². The molecule has 0 radical (unpaired) electrons. The summed E-state index contributed by atoms with van der Waals surface area (Å²) >= 11 is 0. The molecule has 1 aromatic rings. The van der Waals surface area contributed by atoms with E-state index in [9.17, 15) is 4.79 Å². The zero-order chi connectivity index (χ0) is 13.9. The third-order valence-electron chi connectivity index (χ3n) is 3.54. The maximum atomic E-state index is 12.1. The molecule has 2 heterocycles. The number of benzene rings is 1. The van der Waals surface area contributed by atoms with E-state index in [1.807, 2.05) is 25.2 Å². The highest BCUT2D eigenvalue weighted by molar-refractivity contribution is 5.95. The summed E-state index contributed by atoms with van der Waals surface area (Å²) in [6, 6.07) is 5.68. The number of carbonyl (C=O) groups is 1. The fourth-order valence-electron chi connectivity index (χ4n) is 2.39. The summed E-state index contributed by atoms with van der Waals surface area (Å²) in [7, 11) is 2.02. The van der Waals surface area contributed by atoms with Crippen LogP contribution in [0.2, 0.25) is 0 Å². The lowest BCUT2D eigenvalue weighted by Crippen LogP contribution is -2.45. The largest absolute Gasteiger partial charge is 0.490 e. The number of hydrogen-bond acceptors (Lipinski definition) is 5. The van der Waals surface area contributed by atoms with Gasteiger partial charge in [0.15, 0.2) is 0 Å². The quantitative estimate of drug-likeness (QED) is 0.842. The topological polar surface area (TPSA) is 62.8 Å². The lowest BCUT2D eigenvalue weighted by molar-refractivity contribution is -0.128. The highest BCUT2D eigenvalue weighted by Crippen LogP contribution is 2.33. The Kier molecular flexibility index (Phi) is 7.22. The highest BCUT2D eigenvalue weighted by atomic mass is 35.5. The maximum absolute atomic E-state index is 12.1. The van der Waals surface area contributed by atoms with Crippen molar-refractivity contribution >= 4 is 42.1 Å². The van der Waals surface area contributed by atoms with E-state index in [-0.39, 0.29) is 30.7 Å². The summed E-state index contributed by atoms with van der Waals surface area (Å²) in [5.74, 6) is 0.740. The second-order valence-electron chi connectivity index (χ2n) is 5.01. The molecule has 3 rings (SSSR count). The minimum absolute atomic E-state index is 0. The molecule has 2 aliphatic heterocycles. The van der Waals surface area contributed by atoms with Crippen LogP contribution in [0.4, 0.5) is 11.4 Å². The number of fused-ring (bicyclic) bond motifs is 1. The summed E-state index contributed by atoms with van der Waals surface area (Å²) in [6.45, 7) is 3.46. The van der Waals surface area contributed by atoms with Gasteiger partial charge in [0.2, 0.25) is 0 Å². The molecule has 0 aliphatic carbocycles. The predicted molar refractivity (Wildman–Crippen MR) is 90.9 cm³/mol. The van der Waals surface area contributed by atoms with Crippen molar-refractivity contribution in [3.8, 4) is 5.75 Å². The van der Waals surface area contributed by atoms with Crippen molar-refractivity contribution in [3.63, 3.8) is 0 Å². The molecule has 2 N–H and O–H groups in total. The first-order valence-electron chi connectivity index (χ1n) is 6.85. The first-order valence-corrected chi connectivity index (χ1v) is 6.85. The summed E-state index contributed by atoms with van der Waals surface area (Å²) in [4.78, 5) is 14.2. The molecule has 1 aromatic carbocycles. The van der Waals surface area contributed by atoms with Crippen molar-refractivity contribution in [2.45, 2.75) is 6.10 Å². The summed E-state index contributed by atoms with van der Waals surface area (Å²) in [5, 5.41) is 6.04. The van der Waals surface area contributed by atoms with E-state index in [0.717, 1.165) is 30.2 Å². The number of amides is 1. The molecule has 22 heavy (non-hydrogen) atoms. The van der Waals surface area contributed by atoms with Crippen LogP contribution in [0.25, 0.3) is 0 Å². The summed E-state index contributed by atoms with van der Waals surface area (Å²) < 4.78 is 11.0. The number of rotatable bonds is 2. The van der Waals surface area contributed by atoms with Crippen molar-refractivity contribution in [2.24, 2.45) is 0 Å². The Morgan fingerprint density at radius 1 is 1.36 bits per heavy atom. The van der Waals surface area contributed by atoms with Crippen molar-refractivity contribution in [1.29, 1.82) is 0 Å². The van der Waals surface area contributed by atoms with Crippen LogP contribution in [0.3, 0.4) is 0 Å². The summed E-state index contributed by atoms with van der Waals surface area (Å²) in [5.41, 5.74) is 1.76. The number of nitrogens with one attached hydrogen (secondary N) is 2. The Morgan fingerprint density at radius 2 is 2.18 bits per heavy atom. The molecular formula is C14H21Cl2N3O3. The van der Waals surface area contributed by atoms with Gasteiger partial charge in [0.25, 0.3) is 5.91 Å². The van der Waals surface area contributed by atoms with E-state index in [1.54, 1.807) is 0 Å². The van der Waals surface area contributed by atoms with Gasteiger partial charge in [0.1, 0.15) is 18.5 Å². The molecule has 8 heteroatoms. The van der Waals surface area contributed by atoms with E-state index in [0.29, 0.717) is 19.8 Å². The fourth-order valence-corrected chi connectivity index (χ4v) is 2.39. The smallest absolute Gasteiger partial charge is 0.254 e. The Bertz CT molecular complexity index is 510. The Hall–Kier alpha value is -1.21. The first-order chi connectivity index (χ1) is 9.74. The van der Waals surface area contributed by atoms with Crippen LogP contribution < -0.4 is 20.3 Å². The Morgan fingerprint density at radius 3 is 2.91 bits per heavy atom. The molecule has 1 saturated heterocycles. The van der Waals surface area contributed by atoms with Crippen LogP contribution in [-0.4, -0.2) is 51.9 Å². The number of hydrogen-bond donors (Lipinski definition) is 2. The van der Waals surface area contributed by atoms with Crippen LogP contribution in [0.1, 0.15) is 0 Å². The molecule has 1 atom stereocenters. The van der Waals surface area contributed by atoms with Crippen LogP contribution in [0, 0.1) is 0 Å². The van der Waals surface area contributed by atoms with Gasteiger partial charge < -0.3 is 25.0 Å². The zero-order valence-corrected chi connectivity index (χ0v) is 14.0. The highest BCUT2D eigenvalue weighted by Gasteiger charge is 2.22. The van der Waals surface area contributed by atoms with Crippen molar-refractivity contribution < 1.29 is 14.3 Å². The summed E-state index contributed by atoms with van der Waals surface area (Å²) in [6.07, 6.45) is -0.422. The molecule has 0 spiro atoms. The predicted octanol–water partition coefficient (Wildman–Crippen LogP) is 1.29. The molecular weight excluding hydrogens is 329 g/mol. The molecule has 0 bridgehead atoms. The fraction of sp³-hybridized carbons (Fsp3) is 0.500. The average Bonchev–Trinajstić information content (AvgIpc) is 2.49. The standard InChI is InChI=1S/C14H19N3O3.2ClH/c1-17-5-7-20-12-3-2-10(8-11(12)17)16-14(18)13-9-15-4-6-19-13;;/h2-3,8,13,15H,4-7,9H2,1H3,(H,16,18);2*1H. The van der Waals surface area contributed by atoms with Gasteiger partial charge in [-0.25, -0.2) is 0 Å². The molecule has 0 aromatic heterocycles. The molecule has 124 valence electrons. The molecule has 1 fully saturated rings. The van der Waals surface area contributed by atoms with Gasteiger partial charge in [-0.1, -0.05) is 0 Å². The molecule has 0 saturated carbocycles. The second kappa shape index (κ2) is 8.43. The van der Waals surface area contributed by atoms with Crippen molar-refractivity contribution in [3.05, 3.63) is 18.2 Å². The number of ether oxygens (including phenoxy) is 2. The first kappa shape index (κ1) is 18.8. The lowest BCUT2D eigenvalue weighted by atomic mass is 10.2. The minimum atomic E-state index is -0.422. The van der Waals surface area contributed by atoms with E-state index >= 15 is 0 Å². The number of nitrogens with zero attached hydrogens (tertiary/aromatic N) is 1. The van der Waals surface area contributed by atoms with Gasteiger partial charge >= 0.3 is 0 Å². The van der Waals surface area contributed by atoms with E-state index < -0.39 is 6.10 Å². The number of anilines is 2. The third kappa shape index (κ3) is 4.16. The van der Waals surface area contributed by atoms with Crippen molar-refractivity contribution in [2.75, 3.05) is 50.1 Å². The van der Waals surface area contributed by atoms with Crippen LogP contribution in [0.5, 0.6) is 5.75 Å². The molecule has 2 aliphatic rings. The van der Waals surface area contributed by atoms with Crippen molar-refractivity contribution in [1.82, 2.24) is 5.32 Å². The Balaban J connectivity index is 0.00000121. The SMILES string of the molecule is CN1CCOc2ccc(NC(=O)C3CNCCO3)cc21.Cl.Cl. The van der Waals surface area contributed by atoms with Crippen LogP contribution >= 0.6 is 24.8 Å². The Labute approximate surface area is 142 Å². The normalized spacial score (nSPS) is 19.9. The maximum Gasteiger partial charge on any atom is 0.254 e. The number of morpholine rings is 1. The van der Waals surface area contributed by atoms with Gasteiger partial charge in [-0.3, -0.25) is 4.79 Å². The van der Waals surface area contributed by atoms with Crippen LogP contribution in [0.15, 0.2) is 18.2 Å². The van der Waals surface area contributed by atoms with E-state index in [2.05, 4.69) is 15.5 Å².